The second kappa shape index (κ2) is 7.97. The topological polar surface area (TPSA) is 44.0 Å². The van der Waals surface area contributed by atoms with Gasteiger partial charge in [0.05, 0.1) is 0 Å². The molecule has 0 saturated carbocycles. The number of nitrogens with zero attached hydrogens (tertiary/aromatic N) is 2. The van der Waals surface area contributed by atoms with Crippen LogP contribution in [0.4, 0.5) is 0 Å². The van der Waals surface area contributed by atoms with Gasteiger partial charge in [-0.1, -0.05) is 40.0 Å². The van der Waals surface area contributed by atoms with E-state index in [2.05, 4.69) is 13.8 Å². The van der Waals surface area contributed by atoms with Crippen LogP contribution in [0, 0.1) is 5.92 Å². The van der Waals surface area contributed by atoms with Gasteiger partial charge in [0, 0.05) is 25.4 Å². The highest BCUT2D eigenvalue weighted by atomic mass is 16.2. The summed E-state index contributed by atoms with van der Waals surface area (Å²) in [4.78, 5) is 24.1. The van der Waals surface area contributed by atoms with Crippen LogP contribution in [-0.2, 0) is 13.1 Å². The molecule has 1 aromatic heterocycles. The zero-order chi connectivity index (χ0) is 14.3. The molecule has 19 heavy (non-hydrogen) atoms. The van der Waals surface area contributed by atoms with Crippen LogP contribution in [0.1, 0.15) is 52.9 Å². The Labute approximate surface area is 115 Å². The third kappa shape index (κ3) is 4.37. The summed E-state index contributed by atoms with van der Waals surface area (Å²) in [5.41, 5.74) is -0.336. The molecule has 0 bridgehead atoms. The van der Waals surface area contributed by atoms with Gasteiger partial charge < -0.3 is 4.57 Å². The van der Waals surface area contributed by atoms with Crippen molar-refractivity contribution < 1.29 is 0 Å². The summed E-state index contributed by atoms with van der Waals surface area (Å²) in [6.07, 6.45) is 6.91. The smallest absolute Gasteiger partial charge is 0.300 e. The molecule has 0 aliphatic carbocycles. The Kier molecular flexibility index (Phi) is 6.60. The van der Waals surface area contributed by atoms with Crippen LogP contribution < -0.4 is 11.2 Å². The molecular formula is C15H26N2O2. The van der Waals surface area contributed by atoms with E-state index in [1.165, 1.54) is 10.6 Å². The van der Waals surface area contributed by atoms with Crippen molar-refractivity contribution >= 4 is 0 Å². The first kappa shape index (κ1) is 15.7. The second-order valence-electron chi connectivity index (χ2n) is 5.16. The molecule has 0 radical (unpaired) electrons. The lowest BCUT2D eigenvalue weighted by Gasteiger charge is -2.16. The zero-order valence-electron chi connectivity index (χ0n) is 12.4. The van der Waals surface area contributed by atoms with Gasteiger partial charge in [-0.05, 0) is 18.8 Å². The number of hydrogen-bond acceptors (Lipinski definition) is 2. The van der Waals surface area contributed by atoms with Gasteiger partial charge in [-0.15, -0.1) is 0 Å². The van der Waals surface area contributed by atoms with Crippen molar-refractivity contribution in [2.75, 3.05) is 0 Å². The average molecular weight is 266 g/mol. The van der Waals surface area contributed by atoms with Gasteiger partial charge in [-0.2, -0.15) is 0 Å². The van der Waals surface area contributed by atoms with E-state index in [1.54, 1.807) is 10.8 Å². The van der Waals surface area contributed by atoms with Gasteiger partial charge >= 0.3 is 5.69 Å². The highest BCUT2D eigenvalue weighted by Gasteiger charge is 2.11. The highest BCUT2D eigenvalue weighted by Crippen LogP contribution is 2.13. The molecule has 4 heteroatoms. The number of aromatic nitrogens is 2. The summed E-state index contributed by atoms with van der Waals surface area (Å²) in [5.74, 6) is 0.419. The Balaban J connectivity index is 2.95. The lowest BCUT2D eigenvalue weighted by atomic mass is 9.99. The molecular weight excluding hydrogens is 240 g/mol. The molecule has 1 unspecified atom stereocenters. The fourth-order valence-electron chi connectivity index (χ4n) is 2.31. The van der Waals surface area contributed by atoms with E-state index in [1.807, 2.05) is 6.92 Å². The van der Waals surface area contributed by atoms with E-state index in [9.17, 15) is 9.59 Å². The van der Waals surface area contributed by atoms with Crippen LogP contribution in [0.5, 0.6) is 0 Å². The molecule has 0 aliphatic rings. The SMILES string of the molecule is CCCCC(CC)Cn1c(=O)ccn(CCC)c1=O. The van der Waals surface area contributed by atoms with E-state index in [-0.39, 0.29) is 11.2 Å². The Hall–Kier alpha value is -1.32. The lowest BCUT2D eigenvalue weighted by Crippen LogP contribution is -2.40. The van der Waals surface area contributed by atoms with Gasteiger partial charge in [0.25, 0.3) is 5.56 Å². The summed E-state index contributed by atoms with van der Waals surface area (Å²) in [7, 11) is 0. The third-order valence-corrected chi connectivity index (χ3v) is 3.59. The summed E-state index contributed by atoms with van der Waals surface area (Å²) >= 11 is 0. The minimum Gasteiger partial charge on any atom is -0.300 e. The molecule has 1 heterocycles. The zero-order valence-corrected chi connectivity index (χ0v) is 12.4. The van der Waals surface area contributed by atoms with Crippen LogP contribution in [0.2, 0.25) is 0 Å². The molecule has 0 fully saturated rings. The molecule has 4 nitrogen and oxygen atoms in total. The summed E-state index contributed by atoms with van der Waals surface area (Å²) in [5, 5.41) is 0. The average Bonchev–Trinajstić information content (AvgIpc) is 2.41. The molecule has 0 aliphatic heterocycles. The van der Waals surface area contributed by atoms with Gasteiger partial charge in [0.2, 0.25) is 0 Å². The van der Waals surface area contributed by atoms with E-state index in [4.69, 9.17) is 0 Å². The quantitative estimate of drug-likeness (QED) is 0.726. The van der Waals surface area contributed by atoms with E-state index < -0.39 is 0 Å². The predicted octanol–water partition coefficient (Wildman–Crippen LogP) is 2.64. The van der Waals surface area contributed by atoms with Crippen LogP contribution >= 0.6 is 0 Å². The maximum absolute atomic E-state index is 12.2. The Morgan fingerprint density at radius 3 is 2.47 bits per heavy atom. The molecule has 108 valence electrons. The van der Waals surface area contributed by atoms with Crippen LogP contribution in [0.3, 0.4) is 0 Å². The Bertz CT molecular complexity index is 488. The number of aryl methyl sites for hydroxylation is 1. The number of hydrogen-bond donors (Lipinski definition) is 0. The van der Waals surface area contributed by atoms with Crippen molar-refractivity contribution in [1.82, 2.24) is 9.13 Å². The van der Waals surface area contributed by atoms with Crippen LogP contribution in [0.15, 0.2) is 21.9 Å². The van der Waals surface area contributed by atoms with Crippen LogP contribution in [0.25, 0.3) is 0 Å². The van der Waals surface area contributed by atoms with Crippen LogP contribution in [-0.4, -0.2) is 9.13 Å². The third-order valence-electron chi connectivity index (χ3n) is 3.59. The first-order valence-corrected chi connectivity index (χ1v) is 7.44. The van der Waals surface area contributed by atoms with Gasteiger partial charge in [-0.25, -0.2) is 4.79 Å². The minimum atomic E-state index is -0.174. The molecule has 1 rings (SSSR count). The van der Waals surface area contributed by atoms with Crippen molar-refractivity contribution in [3.05, 3.63) is 33.1 Å². The first-order valence-electron chi connectivity index (χ1n) is 7.44. The molecule has 0 N–H and O–H groups in total. The number of rotatable bonds is 8. The largest absolute Gasteiger partial charge is 0.330 e. The van der Waals surface area contributed by atoms with E-state index in [0.717, 1.165) is 32.1 Å². The maximum Gasteiger partial charge on any atom is 0.330 e. The van der Waals surface area contributed by atoms with Crippen molar-refractivity contribution in [2.45, 2.75) is 66.0 Å². The summed E-state index contributed by atoms with van der Waals surface area (Å²) in [6.45, 7) is 7.54. The molecule has 0 amide bonds. The second-order valence-corrected chi connectivity index (χ2v) is 5.16. The Morgan fingerprint density at radius 2 is 1.89 bits per heavy atom. The molecule has 0 spiro atoms. The fourth-order valence-corrected chi connectivity index (χ4v) is 2.31. The predicted molar refractivity (Wildman–Crippen MR) is 78.6 cm³/mol. The lowest BCUT2D eigenvalue weighted by molar-refractivity contribution is 0.370. The minimum absolute atomic E-state index is 0.163. The van der Waals surface area contributed by atoms with Gasteiger partial charge in [0.1, 0.15) is 0 Å². The standard InChI is InChI=1S/C15H26N2O2/c1-4-7-8-13(6-3)12-17-14(18)9-11-16(10-5-2)15(17)19/h9,11,13H,4-8,10,12H2,1-3H3. The monoisotopic (exact) mass is 266 g/mol. The fraction of sp³-hybridized carbons (Fsp3) is 0.733. The molecule has 1 atom stereocenters. The van der Waals surface area contributed by atoms with Gasteiger partial charge in [0.15, 0.2) is 0 Å². The van der Waals surface area contributed by atoms with Crippen molar-refractivity contribution in [3.63, 3.8) is 0 Å². The van der Waals surface area contributed by atoms with Crippen molar-refractivity contribution in [3.8, 4) is 0 Å². The summed E-state index contributed by atoms with van der Waals surface area (Å²) < 4.78 is 3.04. The molecule has 0 saturated heterocycles. The molecule has 1 aromatic rings. The van der Waals surface area contributed by atoms with Crippen molar-refractivity contribution in [1.29, 1.82) is 0 Å². The normalized spacial score (nSPS) is 12.6. The Morgan fingerprint density at radius 1 is 1.16 bits per heavy atom. The highest BCUT2D eigenvalue weighted by molar-refractivity contribution is 4.87. The van der Waals surface area contributed by atoms with Gasteiger partial charge in [-0.3, -0.25) is 9.36 Å². The maximum atomic E-state index is 12.2. The van der Waals surface area contributed by atoms with E-state index in [0.29, 0.717) is 19.0 Å². The summed E-state index contributed by atoms with van der Waals surface area (Å²) in [6, 6.07) is 1.50. The van der Waals surface area contributed by atoms with E-state index >= 15 is 0 Å². The first-order chi connectivity index (χ1) is 9.13. The number of unbranched alkanes of at least 4 members (excludes halogenated alkanes) is 1. The van der Waals surface area contributed by atoms with Crippen molar-refractivity contribution in [2.24, 2.45) is 5.92 Å². The molecule has 0 aromatic carbocycles.